The molecule has 1 N–H and O–H groups in total. The molecular formula is C12H14N4O3. The van der Waals surface area contributed by atoms with Crippen LogP contribution in [0.2, 0.25) is 0 Å². The van der Waals surface area contributed by atoms with Crippen LogP contribution in [-0.4, -0.2) is 37.2 Å². The molecular weight excluding hydrogens is 248 g/mol. The number of carboxylic acid groups (broad SMARTS) is 1. The van der Waals surface area contributed by atoms with Gasteiger partial charge in [-0.2, -0.15) is 10.2 Å². The Morgan fingerprint density at radius 1 is 1.58 bits per heavy atom. The smallest absolute Gasteiger partial charge is 0.343 e. The van der Waals surface area contributed by atoms with Crippen molar-refractivity contribution in [3.8, 4) is 17.1 Å². The van der Waals surface area contributed by atoms with Gasteiger partial charge in [0.15, 0.2) is 0 Å². The van der Waals surface area contributed by atoms with E-state index in [0.717, 1.165) is 13.0 Å². The number of carboxylic acids is 1. The first-order chi connectivity index (χ1) is 9.20. The number of hydrogen-bond acceptors (Lipinski definition) is 4. The molecule has 3 rings (SSSR count). The molecule has 0 aromatic carbocycles. The van der Waals surface area contributed by atoms with Crippen LogP contribution in [0.25, 0.3) is 11.3 Å². The Morgan fingerprint density at radius 2 is 2.42 bits per heavy atom. The molecule has 0 unspecified atom stereocenters. The van der Waals surface area contributed by atoms with E-state index in [1.807, 2.05) is 6.92 Å². The highest BCUT2D eigenvalue weighted by Crippen LogP contribution is 2.32. The first kappa shape index (κ1) is 11.8. The van der Waals surface area contributed by atoms with Crippen molar-refractivity contribution in [1.82, 2.24) is 19.6 Å². The van der Waals surface area contributed by atoms with Gasteiger partial charge < -0.3 is 9.84 Å². The number of ether oxygens (including phenoxy) is 1. The number of aromatic carboxylic acids is 1. The van der Waals surface area contributed by atoms with E-state index in [1.54, 1.807) is 21.8 Å². The molecule has 0 radical (unpaired) electrons. The Labute approximate surface area is 109 Å². The summed E-state index contributed by atoms with van der Waals surface area (Å²) in [7, 11) is 0. The van der Waals surface area contributed by atoms with Crippen LogP contribution in [0.15, 0.2) is 12.4 Å². The lowest BCUT2D eigenvalue weighted by atomic mass is 10.1. The molecule has 0 spiro atoms. The number of hydrogen-bond donors (Lipinski definition) is 1. The minimum Gasteiger partial charge on any atom is -0.477 e. The van der Waals surface area contributed by atoms with E-state index in [9.17, 15) is 9.90 Å². The monoisotopic (exact) mass is 262 g/mol. The predicted molar refractivity (Wildman–Crippen MR) is 66.2 cm³/mol. The van der Waals surface area contributed by atoms with E-state index in [4.69, 9.17) is 4.74 Å². The molecule has 19 heavy (non-hydrogen) atoms. The normalized spacial score (nSPS) is 13.9. The quantitative estimate of drug-likeness (QED) is 0.900. The topological polar surface area (TPSA) is 82.2 Å². The van der Waals surface area contributed by atoms with Gasteiger partial charge in [-0.15, -0.1) is 0 Å². The van der Waals surface area contributed by atoms with Gasteiger partial charge in [0.1, 0.15) is 11.3 Å². The molecule has 0 amide bonds. The summed E-state index contributed by atoms with van der Waals surface area (Å²) in [5, 5.41) is 17.9. The van der Waals surface area contributed by atoms with Crippen LogP contribution in [0.5, 0.6) is 5.88 Å². The number of aromatic nitrogens is 4. The van der Waals surface area contributed by atoms with Crippen molar-refractivity contribution >= 4 is 5.97 Å². The highest BCUT2D eigenvalue weighted by atomic mass is 16.5. The molecule has 7 heteroatoms. The third kappa shape index (κ3) is 1.87. The molecule has 0 atom stereocenters. The predicted octanol–water partition coefficient (Wildman–Crippen LogP) is 1.25. The third-order valence-corrected chi connectivity index (χ3v) is 3.10. The fraction of sp³-hybridized carbons (Fsp3) is 0.417. The second kappa shape index (κ2) is 4.42. The summed E-state index contributed by atoms with van der Waals surface area (Å²) < 4.78 is 8.80. The van der Waals surface area contributed by atoms with Gasteiger partial charge in [0.05, 0.1) is 12.8 Å². The second-order valence-electron chi connectivity index (χ2n) is 4.34. The minimum atomic E-state index is -1.03. The Hall–Kier alpha value is -2.31. The third-order valence-electron chi connectivity index (χ3n) is 3.10. The summed E-state index contributed by atoms with van der Waals surface area (Å²) in [6.07, 6.45) is 4.26. The Morgan fingerprint density at radius 3 is 3.11 bits per heavy atom. The van der Waals surface area contributed by atoms with Crippen molar-refractivity contribution in [3.05, 3.63) is 18.0 Å². The van der Waals surface area contributed by atoms with E-state index in [-0.39, 0.29) is 5.56 Å². The summed E-state index contributed by atoms with van der Waals surface area (Å²) in [6, 6.07) is 0. The fourth-order valence-corrected chi connectivity index (χ4v) is 2.18. The van der Waals surface area contributed by atoms with Crippen LogP contribution >= 0.6 is 0 Å². The molecule has 0 aliphatic carbocycles. The molecule has 100 valence electrons. The van der Waals surface area contributed by atoms with Crippen molar-refractivity contribution in [2.75, 3.05) is 6.61 Å². The van der Waals surface area contributed by atoms with E-state index in [2.05, 4.69) is 10.2 Å². The lowest BCUT2D eigenvalue weighted by Crippen LogP contribution is -2.16. The Kier molecular flexibility index (Phi) is 2.73. The fourth-order valence-electron chi connectivity index (χ4n) is 2.18. The van der Waals surface area contributed by atoms with Gasteiger partial charge in [-0.1, -0.05) is 0 Å². The molecule has 0 fully saturated rings. The average molecular weight is 262 g/mol. The van der Waals surface area contributed by atoms with Crippen LogP contribution in [0, 0.1) is 0 Å². The van der Waals surface area contributed by atoms with E-state index in [0.29, 0.717) is 30.3 Å². The van der Waals surface area contributed by atoms with Gasteiger partial charge in [-0.25, -0.2) is 9.48 Å². The summed E-state index contributed by atoms with van der Waals surface area (Å²) in [6.45, 7) is 3.90. The molecule has 2 aromatic heterocycles. The Bertz CT molecular complexity index is 629. The van der Waals surface area contributed by atoms with Gasteiger partial charge >= 0.3 is 5.97 Å². The maximum absolute atomic E-state index is 11.4. The number of fused-ring (bicyclic) bond motifs is 1. The molecule has 0 bridgehead atoms. The number of rotatable bonds is 3. The first-order valence-corrected chi connectivity index (χ1v) is 6.20. The maximum Gasteiger partial charge on any atom is 0.343 e. The van der Waals surface area contributed by atoms with E-state index >= 15 is 0 Å². The highest BCUT2D eigenvalue weighted by molar-refractivity contribution is 5.97. The van der Waals surface area contributed by atoms with Crippen LogP contribution in [0.1, 0.15) is 23.7 Å². The van der Waals surface area contributed by atoms with Crippen LogP contribution in [0.3, 0.4) is 0 Å². The van der Waals surface area contributed by atoms with Gasteiger partial charge in [0, 0.05) is 31.3 Å². The van der Waals surface area contributed by atoms with E-state index < -0.39 is 5.97 Å². The summed E-state index contributed by atoms with van der Waals surface area (Å²) in [4.78, 5) is 11.4. The van der Waals surface area contributed by atoms with Crippen LogP contribution in [-0.2, 0) is 13.1 Å². The first-order valence-electron chi connectivity index (χ1n) is 6.20. The van der Waals surface area contributed by atoms with Crippen molar-refractivity contribution in [1.29, 1.82) is 0 Å². The van der Waals surface area contributed by atoms with Crippen molar-refractivity contribution in [2.45, 2.75) is 26.4 Å². The number of aryl methyl sites for hydroxylation is 2. The zero-order valence-electron chi connectivity index (χ0n) is 10.5. The number of carbonyl (C=O) groups is 1. The van der Waals surface area contributed by atoms with Crippen molar-refractivity contribution < 1.29 is 14.6 Å². The van der Waals surface area contributed by atoms with Gasteiger partial charge in [-0.3, -0.25) is 4.68 Å². The van der Waals surface area contributed by atoms with E-state index in [1.165, 1.54) is 0 Å². The molecule has 1 aliphatic heterocycles. The van der Waals surface area contributed by atoms with Gasteiger partial charge in [0.2, 0.25) is 5.88 Å². The molecule has 0 saturated carbocycles. The molecule has 3 heterocycles. The molecule has 1 aliphatic rings. The molecule has 7 nitrogen and oxygen atoms in total. The van der Waals surface area contributed by atoms with Crippen molar-refractivity contribution in [3.63, 3.8) is 0 Å². The number of nitrogens with zero attached hydrogens (tertiary/aromatic N) is 4. The Balaban J connectivity index is 2.14. The van der Waals surface area contributed by atoms with Gasteiger partial charge in [-0.05, 0) is 6.92 Å². The largest absolute Gasteiger partial charge is 0.477 e. The SMILES string of the molecule is CCn1cc(-c2nn3c(c2C(=O)O)OCCC3)cn1. The maximum atomic E-state index is 11.4. The lowest BCUT2D eigenvalue weighted by molar-refractivity contribution is 0.0690. The second-order valence-corrected chi connectivity index (χ2v) is 4.34. The summed E-state index contributed by atoms with van der Waals surface area (Å²) >= 11 is 0. The van der Waals surface area contributed by atoms with Crippen molar-refractivity contribution in [2.24, 2.45) is 0 Å². The van der Waals surface area contributed by atoms with Crippen LogP contribution < -0.4 is 4.74 Å². The summed E-state index contributed by atoms with van der Waals surface area (Å²) in [5.74, 6) is -0.680. The summed E-state index contributed by atoms with van der Waals surface area (Å²) in [5.41, 5.74) is 1.24. The highest BCUT2D eigenvalue weighted by Gasteiger charge is 2.28. The standard InChI is InChI=1S/C12H14N4O3/c1-2-15-7-8(6-13-15)10-9(12(17)18)11-16(14-10)4-3-5-19-11/h6-7H,2-5H2,1H3,(H,17,18). The van der Waals surface area contributed by atoms with Crippen LogP contribution in [0.4, 0.5) is 0 Å². The molecule has 0 saturated heterocycles. The zero-order valence-corrected chi connectivity index (χ0v) is 10.5. The zero-order chi connectivity index (χ0) is 13.4. The van der Waals surface area contributed by atoms with Gasteiger partial charge in [0.25, 0.3) is 0 Å². The average Bonchev–Trinajstić information content (AvgIpc) is 3.02. The minimum absolute atomic E-state index is 0.121. The lowest BCUT2D eigenvalue weighted by Gasteiger charge is -2.14. The molecule has 2 aromatic rings.